The molecule has 0 bridgehead atoms. The molecule has 2 aliphatic heterocycles. The highest BCUT2D eigenvalue weighted by atomic mass is 79.9. The van der Waals surface area contributed by atoms with Gasteiger partial charge in [-0.2, -0.15) is 0 Å². The number of nitrogens with zero attached hydrogens (tertiary/aromatic N) is 3. The summed E-state index contributed by atoms with van der Waals surface area (Å²) >= 11 is 4.77. The first-order valence-corrected chi connectivity index (χ1v) is 13.2. The minimum atomic E-state index is -3.02. The lowest BCUT2D eigenvalue weighted by Gasteiger charge is -2.21. The standard InChI is InChI=1S/C19H21BrN4O3S2/c20-17-3-4-18(23-22-17)21-14-2-1-11-8-24(9-13(11)14)19(25)16-7-12-10-29(26,27)6-5-15(12)28-16/h3-4,7,11,13-14H,1-2,5-6,8-10H2,(H,21,23)/t11-,13+,14+/m0/s1. The first-order chi connectivity index (χ1) is 13.9. The van der Waals surface area contributed by atoms with Gasteiger partial charge in [-0.25, -0.2) is 8.42 Å². The van der Waals surface area contributed by atoms with E-state index in [4.69, 9.17) is 0 Å². The monoisotopic (exact) mass is 496 g/mol. The predicted octanol–water partition coefficient (Wildman–Crippen LogP) is 2.73. The summed E-state index contributed by atoms with van der Waals surface area (Å²) in [4.78, 5) is 16.8. The summed E-state index contributed by atoms with van der Waals surface area (Å²) in [6.07, 6.45) is 2.69. The van der Waals surface area contributed by atoms with Crippen LogP contribution in [-0.2, 0) is 22.0 Å². The second-order valence-corrected chi connectivity index (χ2v) is 12.2. The Morgan fingerprint density at radius 1 is 1.24 bits per heavy atom. The van der Waals surface area contributed by atoms with Crippen LogP contribution in [0.5, 0.6) is 0 Å². The maximum atomic E-state index is 13.1. The Balaban J connectivity index is 1.28. The Bertz CT molecular complexity index is 1050. The maximum absolute atomic E-state index is 13.1. The lowest BCUT2D eigenvalue weighted by molar-refractivity contribution is 0.0784. The molecule has 1 aliphatic carbocycles. The van der Waals surface area contributed by atoms with Gasteiger partial charge in [0.25, 0.3) is 5.91 Å². The van der Waals surface area contributed by atoms with Gasteiger partial charge in [-0.1, -0.05) is 0 Å². The fraction of sp³-hybridized carbons (Fsp3) is 0.526. The number of aryl methyl sites for hydroxylation is 1. The number of likely N-dealkylation sites (tertiary alicyclic amines) is 1. The number of carbonyl (C=O) groups excluding carboxylic acids is 1. The highest BCUT2D eigenvalue weighted by Crippen LogP contribution is 2.40. The van der Waals surface area contributed by atoms with Crippen molar-refractivity contribution in [1.82, 2.24) is 15.1 Å². The molecular weight excluding hydrogens is 476 g/mol. The van der Waals surface area contributed by atoms with Crippen LogP contribution in [0, 0.1) is 11.8 Å². The summed E-state index contributed by atoms with van der Waals surface area (Å²) in [5.74, 6) is 1.95. The Kier molecular flexibility index (Phi) is 4.90. The van der Waals surface area contributed by atoms with E-state index in [0.717, 1.165) is 42.2 Å². The van der Waals surface area contributed by atoms with Crippen molar-refractivity contribution in [3.05, 3.63) is 38.1 Å². The number of thiophene rings is 1. The zero-order valence-corrected chi connectivity index (χ0v) is 18.9. The van der Waals surface area contributed by atoms with Crippen molar-refractivity contribution in [3.63, 3.8) is 0 Å². The number of rotatable bonds is 3. The maximum Gasteiger partial charge on any atom is 0.263 e. The molecule has 0 aromatic carbocycles. The summed E-state index contributed by atoms with van der Waals surface area (Å²) in [7, 11) is -3.02. The molecule has 0 unspecified atom stereocenters. The first kappa shape index (κ1) is 19.4. The number of nitrogens with one attached hydrogen (secondary N) is 1. The topological polar surface area (TPSA) is 92.3 Å². The number of hydrogen-bond donors (Lipinski definition) is 1. The molecule has 3 atom stereocenters. The van der Waals surface area contributed by atoms with Crippen molar-refractivity contribution in [2.24, 2.45) is 11.8 Å². The normalized spacial score (nSPS) is 27.5. The van der Waals surface area contributed by atoms with Gasteiger partial charge in [-0.15, -0.1) is 21.5 Å². The van der Waals surface area contributed by atoms with Crippen LogP contribution in [-0.4, -0.2) is 54.3 Å². The molecule has 4 heterocycles. The third kappa shape index (κ3) is 3.82. The van der Waals surface area contributed by atoms with Crippen LogP contribution in [0.15, 0.2) is 22.8 Å². The Morgan fingerprint density at radius 3 is 2.90 bits per heavy atom. The average molecular weight is 497 g/mol. The van der Waals surface area contributed by atoms with E-state index in [1.165, 1.54) is 11.3 Å². The van der Waals surface area contributed by atoms with E-state index in [2.05, 4.69) is 31.4 Å². The minimum absolute atomic E-state index is 0.0402. The SMILES string of the molecule is O=C(c1cc2c(s1)CCS(=O)(=O)C2)N1C[C@@H]2CC[C@@H](Nc3ccc(Br)nn3)[C@@H]2C1. The molecule has 10 heteroatoms. The highest BCUT2D eigenvalue weighted by Gasteiger charge is 2.44. The molecule has 2 aromatic heterocycles. The van der Waals surface area contributed by atoms with Gasteiger partial charge < -0.3 is 10.2 Å². The number of fused-ring (bicyclic) bond motifs is 2. The van der Waals surface area contributed by atoms with Crippen LogP contribution in [0.1, 0.15) is 33.0 Å². The van der Waals surface area contributed by atoms with Gasteiger partial charge in [0.15, 0.2) is 9.84 Å². The number of carbonyl (C=O) groups is 1. The van der Waals surface area contributed by atoms with Gasteiger partial charge in [0, 0.05) is 29.9 Å². The fourth-order valence-corrected chi connectivity index (χ4v) is 7.78. The van der Waals surface area contributed by atoms with E-state index in [0.29, 0.717) is 27.7 Å². The second kappa shape index (κ2) is 7.31. The number of hydrogen-bond acceptors (Lipinski definition) is 7. The zero-order chi connectivity index (χ0) is 20.2. The van der Waals surface area contributed by atoms with Crippen LogP contribution in [0.25, 0.3) is 0 Å². The number of anilines is 1. The third-order valence-electron chi connectivity index (χ3n) is 6.23. The molecule has 1 saturated heterocycles. The zero-order valence-electron chi connectivity index (χ0n) is 15.7. The van der Waals surface area contributed by atoms with Gasteiger partial charge in [0.05, 0.1) is 16.4 Å². The predicted molar refractivity (Wildman–Crippen MR) is 115 cm³/mol. The van der Waals surface area contributed by atoms with E-state index < -0.39 is 9.84 Å². The lowest BCUT2D eigenvalue weighted by atomic mass is 9.98. The molecule has 3 aliphatic rings. The second-order valence-electron chi connectivity index (χ2n) is 8.10. The highest BCUT2D eigenvalue weighted by molar-refractivity contribution is 9.10. The number of sulfone groups is 1. The van der Waals surface area contributed by atoms with Crippen molar-refractivity contribution in [3.8, 4) is 0 Å². The van der Waals surface area contributed by atoms with Crippen molar-refractivity contribution in [2.75, 3.05) is 24.2 Å². The molecular formula is C19H21BrN4O3S2. The van der Waals surface area contributed by atoms with E-state index >= 15 is 0 Å². The summed E-state index contributed by atoms with van der Waals surface area (Å²) < 4.78 is 24.5. The molecule has 5 rings (SSSR count). The molecule has 1 amide bonds. The molecule has 7 nitrogen and oxygen atoms in total. The van der Waals surface area contributed by atoms with Gasteiger partial charge in [0.2, 0.25) is 0 Å². The Hall–Kier alpha value is -1.52. The van der Waals surface area contributed by atoms with Gasteiger partial charge in [0.1, 0.15) is 10.4 Å². The van der Waals surface area contributed by atoms with Crippen LogP contribution in [0.2, 0.25) is 0 Å². The fourth-order valence-electron chi connectivity index (χ4n) is 4.81. The Labute approximate surface area is 181 Å². The first-order valence-electron chi connectivity index (χ1n) is 9.75. The van der Waals surface area contributed by atoms with Crippen molar-refractivity contribution in [1.29, 1.82) is 0 Å². The van der Waals surface area contributed by atoms with Gasteiger partial charge >= 0.3 is 0 Å². The molecule has 2 aromatic rings. The molecule has 1 saturated carbocycles. The quantitative estimate of drug-likeness (QED) is 0.701. The van der Waals surface area contributed by atoms with E-state index in [-0.39, 0.29) is 23.5 Å². The van der Waals surface area contributed by atoms with E-state index in [1.54, 1.807) is 6.07 Å². The number of halogens is 1. The molecule has 154 valence electrons. The van der Waals surface area contributed by atoms with Crippen molar-refractivity contribution in [2.45, 2.75) is 31.1 Å². The van der Waals surface area contributed by atoms with Crippen LogP contribution in [0.3, 0.4) is 0 Å². The van der Waals surface area contributed by atoms with Crippen LogP contribution >= 0.6 is 27.3 Å². The minimum Gasteiger partial charge on any atom is -0.365 e. The smallest absolute Gasteiger partial charge is 0.263 e. The molecule has 0 spiro atoms. The summed E-state index contributed by atoms with van der Waals surface area (Å²) in [6.45, 7) is 1.50. The van der Waals surface area contributed by atoms with Crippen LogP contribution < -0.4 is 5.32 Å². The van der Waals surface area contributed by atoms with Gasteiger partial charge in [-0.3, -0.25) is 4.79 Å². The average Bonchev–Trinajstić information content (AvgIpc) is 3.37. The molecule has 0 radical (unpaired) electrons. The summed E-state index contributed by atoms with van der Waals surface area (Å²) in [5, 5.41) is 11.7. The van der Waals surface area contributed by atoms with Gasteiger partial charge in [-0.05, 0) is 64.9 Å². The molecule has 2 fully saturated rings. The summed E-state index contributed by atoms with van der Waals surface area (Å²) in [5.41, 5.74) is 0.817. The summed E-state index contributed by atoms with van der Waals surface area (Å²) in [6, 6.07) is 5.87. The number of aromatic nitrogens is 2. The largest absolute Gasteiger partial charge is 0.365 e. The van der Waals surface area contributed by atoms with Crippen molar-refractivity contribution < 1.29 is 13.2 Å². The third-order valence-corrected chi connectivity index (χ3v) is 9.46. The number of amides is 1. The lowest BCUT2D eigenvalue weighted by Crippen LogP contribution is -2.33. The van der Waals surface area contributed by atoms with E-state index in [1.807, 2.05) is 17.0 Å². The molecule has 1 N–H and O–H groups in total. The van der Waals surface area contributed by atoms with E-state index in [9.17, 15) is 13.2 Å². The Morgan fingerprint density at radius 2 is 2.10 bits per heavy atom. The van der Waals surface area contributed by atoms with Crippen molar-refractivity contribution >= 4 is 48.8 Å². The molecule has 29 heavy (non-hydrogen) atoms. The van der Waals surface area contributed by atoms with Crippen LogP contribution in [0.4, 0.5) is 5.82 Å².